The highest BCUT2D eigenvalue weighted by Crippen LogP contribution is 2.37. The van der Waals surface area contributed by atoms with Crippen molar-refractivity contribution in [2.45, 2.75) is 37.9 Å². The Kier molecular flexibility index (Phi) is 6.55. The zero-order valence-corrected chi connectivity index (χ0v) is 12.9. The molecule has 0 spiro atoms. The van der Waals surface area contributed by atoms with Crippen LogP contribution in [0.2, 0.25) is 0 Å². The van der Waals surface area contributed by atoms with Crippen molar-refractivity contribution in [3.05, 3.63) is 42.2 Å². The van der Waals surface area contributed by atoms with Crippen LogP contribution in [0.4, 0.5) is 0 Å². The van der Waals surface area contributed by atoms with Crippen LogP contribution in [0.15, 0.2) is 36.7 Å². The molecule has 0 aromatic carbocycles. The maximum Gasteiger partial charge on any atom is 0.305 e. The van der Waals surface area contributed by atoms with Crippen LogP contribution in [0.25, 0.3) is 0 Å². The quantitative estimate of drug-likeness (QED) is 0.619. The third-order valence-electron chi connectivity index (χ3n) is 3.92. The summed E-state index contributed by atoms with van der Waals surface area (Å²) in [6.07, 6.45) is 9.81. The number of esters is 1. The molecule has 1 N–H and O–H groups in total. The van der Waals surface area contributed by atoms with Crippen molar-refractivity contribution in [3.8, 4) is 0 Å². The van der Waals surface area contributed by atoms with Gasteiger partial charge in [-0.2, -0.15) is 0 Å². The van der Waals surface area contributed by atoms with E-state index in [1.54, 1.807) is 12.4 Å². The SMILES string of the molecule is COC(=O)CC/C=C\CC[C@@H]1[C@@H](c2cccnc2)OC[C@@H]1O. The predicted octanol–water partition coefficient (Wildman–Crippen LogP) is 2.42. The number of rotatable bonds is 7. The maximum absolute atomic E-state index is 11.0. The monoisotopic (exact) mass is 305 g/mol. The van der Waals surface area contributed by atoms with Gasteiger partial charge in [0, 0.05) is 24.7 Å². The summed E-state index contributed by atoms with van der Waals surface area (Å²) in [7, 11) is 1.39. The van der Waals surface area contributed by atoms with E-state index in [4.69, 9.17) is 4.74 Å². The van der Waals surface area contributed by atoms with Crippen LogP contribution in [0, 0.1) is 5.92 Å². The van der Waals surface area contributed by atoms with Crippen LogP contribution < -0.4 is 0 Å². The molecule has 1 aliphatic rings. The van der Waals surface area contributed by atoms with E-state index >= 15 is 0 Å². The fourth-order valence-corrected chi connectivity index (χ4v) is 2.71. The normalized spacial score (nSPS) is 24.7. The highest BCUT2D eigenvalue weighted by atomic mass is 16.5. The average molecular weight is 305 g/mol. The van der Waals surface area contributed by atoms with E-state index < -0.39 is 6.10 Å². The molecule has 120 valence electrons. The van der Waals surface area contributed by atoms with Gasteiger partial charge in [-0.1, -0.05) is 18.2 Å². The number of aliphatic hydroxyl groups is 1. The van der Waals surface area contributed by atoms with E-state index in [1.807, 2.05) is 24.3 Å². The van der Waals surface area contributed by atoms with E-state index in [1.165, 1.54) is 7.11 Å². The zero-order chi connectivity index (χ0) is 15.8. The zero-order valence-electron chi connectivity index (χ0n) is 12.9. The van der Waals surface area contributed by atoms with Crippen LogP contribution in [0.3, 0.4) is 0 Å². The number of pyridine rings is 1. The van der Waals surface area contributed by atoms with E-state index in [0.29, 0.717) is 19.4 Å². The van der Waals surface area contributed by atoms with E-state index in [2.05, 4.69) is 9.72 Å². The smallest absolute Gasteiger partial charge is 0.305 e. The number of ether oxygens (including phenoxy) is 2. The molecule has 1 saturated heterocycles. The molecule has 1 fully saturated rings. The highest BCUT2D eigenvalue weighted by molar-refractivity contribution is 5.69. The first-order valence-electron chi connectivity index (χ1n) is 7.63. The Morgan fingerprint density at radius 1 is 1.50 bits per heavy atom. The summed E-state index contributed by atoms with van der Waals surface area (Å²) in [5.74, 6) is -0.115. The standard InChI is InChI=1S/C17H23NO4/c1-21-16(20)9-5-3-2-4-8-14-15(19)12-22-17(14)13-7-6-10-18-11-13/h2-3,6-7,10-11,14-15,17,19H,4-5,8-9,12H2,1H3/b3-2-/t14-,15-,17+/m0/s1. The third-order valence-corrected chi connectivity index (χ3v) is 3.92. The van der Waals surface area contributed by atoms with E-state index in [-0.39, 0.29) is 18.0 Å². The van der Waals surface area contributed by atoms with Crippen molar-refractivity contribution in [1.82, 2.24) is 4.98 Å². The van der Waals surface area contributed by atoms with Crippen LogP contribution >= 0.6 is 0 Å². The Morgan fingerprint density at radius 3 is 3.05 bits per heavy atom. The van der Waals surface area contributed by atoms with Crippen molar-refractivity contribution in [2.75, 3.05) is 13.7 Å². The van der Waals surface area contributed by atoms with Gasteiger partial charge >= 0.3 is 5.97 Å². The summed E-state index contributed by atoms with van der Waals surface area (Å²) in [6.45, 7) is 0.371. The molecule has 1 aromatic heterocycles. The second kappa shape index (κ2) is 8.66. The van der Waals surface area contributed by atoms with Gasteiger partial charge in [-0.25, -0.2) is 0 Å². The molecular formula is C17H23NO4. The van der Waals surface area contributed by atoms with E-state index in [0.717, 1.165) is 18.4 Å². The lowest BCUT2D eigenvalue weighted by atomic mass is 9.90. The van der Waals surface area contributed by atoms with Crippen molar-refractivity contribution in [1.29, 1.82) is 0 Å². The number of carbonyl (C=O) groups is 1. The number of hydrogen-bond acceptors (Lipinski definition) is 5. The summed E-state index contributed by atoms with van der Waals surface area (Å²) in [5.41, 5.74) is 1.01. The minimum atomic E-state index is -0.436. The van der Waals surface area contributed by atoms with Crippen molar-refractivity contribution in [3.63, 3.8) is 0 Å². The molecule has 0 amide bonds. The fourth-order valence-electron chi connectivity index (χ4n) is 2.71. The molecule has 0 saturated carbocycles. The molecule has 0 bridgehead atoms. The number of allylic oxidation sites excluding steroid dienone is 2. The lowest BCUT2D eigenvalue weighted by Gasteiger charge is -2.19. The number of carbonyl (C=O) groups excluding carboxylic acids is 1. The number of methoxy groups -OCH3 is 1. The minimum Gasteiger partial charge on any atom is -0.469 e. The summed E-state index contributed by atoms with van der Waals surface area (Å²) in [6, 6.07) is 3.86. The number of aliphatic hydroxyl groups excluding tert-OH is 1. The van der Waals surface area contributed by atoms with Gasteiger partial charge < -0.3 is 14.6 Å². The Morgan fingerprint density at radius 2 is 2.32 bits per heavy atom. The molecule has 22 heavy (non-hydrogen) atoms. The van der Waals surface area contributed by atoms with Gasteiger partial charge in [-0.05, 0) is 30.9 Å². The summed E-state index contributed by atoms with van der Waals surface area (Å²) < 4.78 is 10.3. The van der Waals surface area contributed by atoms with Crippen LogP contribution in [0.1, 0.15) is 37.4 Å². The van der Waals surface area contributed by atoms with Gasteiger partial charge in [0.25, 0.3) is 0 Å². The molecule has 0 unspecified atom stereocenters. The van der Waals surface area contributed by atoms with Crippen molar-refractivity contribution < 1.29 is 19.4 Å². The second-order valence-corrected chi connectivity index (χ2v) is 5.44. The summed E-state index contributed by atoms with van der Waals surface area (Å²) in [5, 5.41) is 10.1. The largest absolute Gasteiger partial charge is 0.469 e. The minimum absolute atomic E-state index is 0.0782. The van der Waals surface area contributed by atoms with Gasteiger partial charge in [-0.15, -0.1) is 0 Å². The first-order chi connectivity index (χ1) is 10.7. The second-order valence-electron chi connectivity index (χ2n) is 5.44. The molecule has 0 radical (unpaired) electrons. The molecule has 0 aliphatic carbocycles. The van der Waals surface area contributed by atoms with Gasteiger partial charge in [0.05, 0.1) is 25.9 Å². The van der Waals surface area contributed by atoms with E-state index in [9.17, 15) is 9.90 Å². The third kappa shape index (κ3) is 4.64. The van der Waals surface area contributed by atoms with Crippen molar-refractivity contribution >= 4 is 5.97 Å². The number of hydrogen-bond donors (Lipinski definition) is 1. The molecule has 2 heterocycles. The van der Waals surface area contributed by atoms with Crippen LogP contribution in [-0.4, -0.2) is 35.9 Å². The Hall–Kier alpha value is -1.72. The number of nitrogens with zero attached hydrogens (tertiary/aromatic N) is 1. The van der Waals surface area contributed by atoms with Crippen LogP contribution in [0.5, 0.6) is 0 Å². The lowest BCUT2D eigenvalue weighted by molar-refractivity contribution is -0.140. The Balaban J connectivity index is 1.80. The average Bonchev–Trinajstić information content (AvgIpc) is 2.92. The fraction of sp³-hybridized carbons (Fsp3) is 0.529. The molecular weight excluding hydrogens is 282 g/mol. The summed E-state index contributed by atoms with van der Waals surface area (Å²) >= 11 is 0. The summed E-state index contributed by atoms with van der Waals surface area (Å²) in [4.78, 5) is 15.1. The molecule has 2 rings (SSSR count). The lowest BCUT2D eigenvalue weighted by Crippen LogP contribution is -2.19. The Bertz CT molecular complexity index is 489. The van der Waals surface area contributed by atoms with Gasteiger partial charge in [0.15, 0.2) is 0 Å². The predicted molar refractivity (Wildman–Crippen MR) is 82.1 cm³/mol. The molecule has 3 atom stereocenters. The maximum atomic E-state index is 11.0. The number of aromatic nitrogens is 1. The van der Waals surface area contributed by atoms with Gasteiger partial charge in [0.2, 0.25) is 0 Å². The van der Waals surface area contributed by atoms with Crippen LogP contribution in [-0.2, 0) is 14.3 Å². The Labute approximate surface area is 131 Å². The molecule has 1 aromatic rings. The van der Waals surface area contributed by atoms with Gasteiger partial charge in [-0.3, -0.25) is 9.78 Å². The molecule has 1 aliphatic heterocycles. The topological polar surface area (TPSA) is 68.7 Å². The molecule has 5 heteroatoms. The van der Waals surface area contributed by atoms with Crippen molar-refractivity contribution in [2.24, 2.45) is 5.92 Å². The van der Waals surface area contributed by atoms with Gasteiger partial charge in [0.1, 0.15) is 0 Å². The molecule has 5 nitrogen and oxygen atoms in total. The first-order valence-corrected chi connectivity index (χ1v) is 7.63. The highest BCUT2D eigenvalue weighted by Gasteiger charge is 2.36. The first kappa shape index (κ1) is 16.6.